The highest BCUT2D eigenvalue weighted by Crippen LogP contribution is 2.41. The van der Waals surface area contributed by atoms with E-state index in [-0.39, 0.29) is 0 Å². The Labute approximate surface area is 356 Å². The Morgan fingerprint density at radius 2 is 1.28 bits per heavy atom. The van der Waals surface area contributed by atoms with Crippen molar-refractivity contribution >= 4 is 80.1 Å². The van der Waals surface area contributed by atoms with Gasteiger partial charge in [-0.2, -0.15) is 0 Å². The van der Waals surface area contributed by atoms with Crippen LogP contribution in [0.1, 0.15) is 65.3 Å². The fourth-order valence-corrected chi connectivity index (χ4v) is 9.52. The number of para-hydroxylation sites is 1. The van der Waals surface area contributed by atoms with Crippen LogP contribution in [0.3, 0.4) is 0 Å². The molecular weight excluding hydrogens is 745 g/mol. The van der Waals surface area contributed by atoms with E-state index in [0.717, 1.165) is 103 Å². The van der Waals surface area contributed by atoms with Gasteiger partial charge in [0.05, 0.1) is 39.1 Å². The maximum Gasteiger partial charge on any atom is 0.140 e. The summed E-state index contributed by atoms with van der Waals surface area (Å²) >= 11 is 0. The summed E-state index contributed by atoms with van der Waals surface area (Å²) in [5.74, 6) is 3.25. The maximum absolute atomic E-state index is 5.53. The lowest BCUT2D eigenvalue weighted by Gasteiger charge is -2.16. The smallest absolute Gasteiger partial charge is 0.140 e. The number of nitrogens with zero attached hydrogens (tertiary/aromatic N) is 6. The van der Waals surface area contributed by atoms with Crippen LogP contribution in [0.5, 0.6) is 0 Å². The van der Waals surface area contributed by atoms with Crippen molar-refractivity contribution < 1.29 is 0 Å². The molecule has 6 aromatic heterocycles. The van der Waals surface area contributed by atoms with E-state index in [1.807, 2.05) is 31.2 Å². The molecule has 3 aromatic carbocycles. The molecular formula is C55H46N6. The number of aromatic nitrogens is 6. The van der Waals surface area contributed by atoms with Crippen molar-refractivity contribution in [1.82, 2.24) is 28.2 Å². The first-order valence-electron chi connectivity index (χ1n) is 20.9. The van der Waals surface area contributed by atoms with Crippen LogP contribution in [-0.4, -0.2) is 28.2 Å². The summed E-state index contributed by atoms with van der Waals surface area (Å²) in [4.78, 5) is 11.0. The molecule has 6 heterocycles. The van der Waals surface area contributed by atoms with Crippen LogP contribution in [0, 0.1) is 6.92 Å². The molecule has 0 saturated heterocycles. The minimum Gasteiger partial charge on any atom is -0.294 e. The molecule has 0 amide bonds. The fourth-order valence-electron chi connectivity index (χ4n) is 9.52. The molecule has 296 valence electrons. The van der Waals surface area contributed by atoms with Crippen LogP contribution in [0.4, 0.5) is 0 Å². The van der Waals surface area contributed by atoms with E-state index >= 15 is 0 Å². The van der Waals surface area contributed by atoms with Crippen molar-refractivity contribution in [2.24, 2.45) is 0 Å². The second kappa shape index (κ2) is 15.2. The van der Waals surface area contributed by atoms with Crippen LogP contribution in [0.2, 0.25) is 0 Å². The average Bonchev–Trinajstić information content (AvgIpc) is 4.03. The number of pyridine rings is 2. The average molecular weight is 791 g/mol. The molecule has 0 radical (unpaired) electrons. The van der Waals surface area contributed by atoms with Crippen LogP contribution in [-0.2, 0) is 6.42 Å². The van der Waals surface area contributed by atoms with E-state index in [2.05, 4.69) is 191 Å². The lowest BCUT2D eigenvalue weighted by atomic mass is 9.99. The van der Waals surface area contributed by atoms with Crippen molar-refractivity contribution in [2.75, 3.05) is 0 Å². The van der Waals surface area contributed by atoms with E-state index in [9.17, 15) is 0 Å². The van der Waals surface area contributed by atoms with Gasteiger partial charge < -0.3 is 0 Å². The molecule has 61 heavy (non-hydrogen) atoms. The minimum atomic E-state index is 0.797. The van der Waals surface area contributed by atoms with E-state index < -0.39 is 0 Å². The van der Waals surface area contributed by atoms with Gasteiger partial charge in [0.2, 0.25) is 0 Å². The van der Waals surface area contributed by atoms with E-state index in [0.29, 0.717) is 0 Å². The first kappa shape index (κ1) is 37.6. The van der Waals surface area contributed by atoms with Crippen LogP contribution in [0.25, 0.3) is 103 Å². The zero-order valence-corrected chi connectivity index (χ0v) is 34.8. The molecule has 6 nitrogen and oxygen atoms in total. The first-order valence-corrected chi connectivity index (χ1v) is 20.9. The third-order valence-electron chi connectivity index (χ3n) is 12.0. The number of rotatable bonds is 10. The Bertz CT molecular complexity index is 3400. The molecule has 0 saturated carbocycles. The first-order chi connectivity index (χ1) is 30.0. The molecule has 9 aromatic rings. The normalized spacial score (nSPS) is 13.0. The van der Waals surface area contributed by atoms with Gasteiger partial charge in [0, 0.05) is 38.4 Å². The van der Waals surface area contributed by atoms with E-state index in [1.165, 1.54) is 22.1 Å². The Balaban J connectivity index is 1.29. The summed E-state index contributed by atoms with van der Waals surface area (Å²) in [7, 11) is 0. The third kappa shape index (κ3) is 5.78. The Kier molecular flexibility index (Phi) is 9.33. The molecule has 0 N–H and O–H groups in total. The maximum atomic E-state index is 5.53. The van der Waals surface area contributed by atoms with Crippen molar-refractivity contribution in [1.29, 1.82) is 0 Å². The lowest BCUT2D eigenvalue weighted by Crippen LogP contribution is -2.08. The van der Waals surface area contributed by atoms with Gasteiger partial charge >= 0.3 is 0 Å². The van der Waals surface area contributed by atoms with Crippen molar-refractivity contribution in [3.63, 3.8) is 0 Å². The lowest BCUT2D eigenvalue weighted by molar-refractivity contribution is 0.918. The summed E-state index contributed by atoms with van der Waals surface area (Å²) < 4.78 is 9.11. The van der Waals surface area contributed by atoms with E-state index in [1.54, 1.807) is 0 Å². The number of aryl methyl sites for hydroxylation is 1. The number of allylic oxidation sites excluding steroid dienone is 5. The van der Waals surface area contributed by atoms with Gasteiger partial charge in [0.1, 0.15) is 23.3 Å². The topological polar surface area (TPSA) is 45.5 Å². The Morgan fingerprint density at radius 1 is 0.590 bits per heavy atom. The summed E-state index contributed by atoms with van der Waals surface area (Å²) in [6.45, 7) is 19.0. The van der Waals surface area contributed by atoms with Crippen molar-refractivity contribution in [2.45, 2.75) is 33.6 Å². The summed E-state index contributed by atoms with van der Waals surface area (Å²) in [6, 6.07) is 34.3. The zero-order chi connectivity index (χ0) is 41.8. The molecule has 0 atom stereocenters. The molecule has 1 aliphatic rings. The van der Waals surface area contributed by atoms with Gasteiger partial charge in [0.25, 0.3) is 0 Å². The molecule has 0 fully saturated rings. The summed E-state index contributed by atoms with van der Waals surface area (Å²) in [5, 5.41) is 4.54. The minimum absolute atomic E-state index is 0.797. The second-order valence-corrected chi connectivity index (χ2v) is 15.4. The van der Waals surface area contributed by atoms with Crippen molar-refractivity contribution in [3.8, 4) is 23.3 Å². The van der Waals surface area contributed by atoms with Crippen molar-refractivity contribution in [3.05, 3.63) is 192 Å². The van der Waals surface area contributed by atoms with Gasteiger partial charge in [-0.25, -0.2) is 9.97 Å². The highest BCUT2D eigenvalue weighted by Gasteiger charge is 2.25. The molecule has 0 bridgehead atoms. The summed E-state index contributed by atoms with van der Waals surface area (Å²) in [6.07, 6.45) is 24.9. The monoisotopic (exact) mass is 790 g/mol. The number of hydrogen-bond donors (Lipinski definition) is 0. The molecule has 0 spiro atoms. The van der Waals surface area contributed by atoms with Gasteiger partial charge in [0.15, 0.2) is 0 Å². The molecule has 6 heteroatoms. The summed E-state index contributed by atoms with van der Waals surface area (Å²) in [5.41, 5.74) is 13.2. The van der Waals surface area contributed by atoms with Gasteiger partial charge in [-0.1, -0.05) is 117 Å². The molecule has 10 rings (SSSR count). The standard InChI is InChI=1S/C55H46N6/c1-7-12-13-23-38-35-37-33-34-43-53-36(6)22-18-28-48(53)61(52-32-20-31-51(57-52)59-44(10-4)39(9-3)41-24-14-16-26-46(41)59)55(43)54(37)58(38)49-29-19-30-50(56-49)60-45(11-5)40(21-8-2)42-25-15-17-27-47(42)60/h7-14,16-24,26-35H,3-5,15,25H2,1-2,6H3/b12-7-,21-8-,23-13-. The number of hydrogen-bond acceptors (Lipinski definition) is 2. The predicted octanol–water partition coefficient (Wildman–Crippen LogP) is 14.1. The molecule has 1 aliphatic carbocycles. The van der Waals surface area contributed by atoms with Gasteiger partial charge in [-0.05, 0) is 112 Å². The van der Waals surface area contributed by atoms with Crippen LogP contribution >= 0.6 is 0 Å². The van der Waals surface area contributed by atoms with Gasteiger partial charge in [-0.3, -0.25) is 18.3 Å². The van der Waals surface area contributed by atoms with Crippen LogP contribution < -0.4 is 0 Å². The number of benzene rings is 3. The molecule has 0 aliphatic heterocycles. The highest BCUT2D eigenvalue weighted by atomic mass is 15.2. The zero-order valence-electron chi connectivity index (χ0n) is 34.8. The SMILES string of the molecule is C=Cc1c(C=C)n(-c2cccc(-n3c4cccc(C)c4c4ccc5cc(/C=C\C=C/C)n(-c6cccc(-n7c(C=C)c(/C=C\C)c8c7C=CCC8)n6)c5c43)n2)c2ccccc12. The third-order valence-corrected chi connectivity index (χ3v) is 12.0. The molecule has 0 unspecified atom stereocenters. The quantitative estimate of drug-likeness (QED) is 0.130. The predicted molar refractivity (Wildman–Crippen MR) is 260 cm³/mol. The van der Waals surface area contributed by atoms with Gasteiger partial charge in [-0.15, -0.1) is 0 Å². The second-order valence-electron chi connectivity index (χ2n) is 15.4. The highest BCUT2D eigenvalue weighted by molar-refractivity contribution is 6.19. The fraction of sp³-hybridized carbons (Fsp3) is 0.0909. The Morgan fingerprint density at radius 3 is 2.02 bits per heavy atom. The number of fused-ring (bicyclic) bond motifs is 7. The largest absolute Gasteiger partial charge is 0.294 e. The van der Waals surface area contributed by atoms with Crippen LogP contribution in [0.15, 0.2) is 147 Å². The van der Waals surface area contributed by atoms with E-state index in [4.69, 9.17) is 9.97 Å². The Hall–Kier alpha value is -7.70.